The maximum Gasteiger partial charge on any atom is 0.290 e. The highest BCUT2D eigenvalue weighted by atomic mass is 16.7. The van der Waals surface area contributed by atoms with Crippen molar-refractivity contribution in [1.29, 1.82) is 0 Å². The van der Waals surface area contributed by atoms with E-state index in [0.717, 1.165) is 11.3 Å². The van der Waals surface area contributed by atoms with Crippen LogP contribution in [0.2, 0.25) is 0 Å². The second kappa shape index (κ2) is 5.44. The molecule has 1 aliphatic rings. The van der Waals surface area contributed by atoms with Crippen molar-refractivity contribution in [3.63, 3.8) is 0 Å². The van der Waals surface area contributed by atoms with Crippen LogP contribution in [0.4, 0.5) is 5.69 Å². The fourth-order valence-electron chi connectivity index (χ4n) is 2.25. The van der Waals surface area contributed by atoms with Gasteiger partial charge >= 0.3 is 0 Å². The molecule has 1 aliphatic heterocycles. The number of ether oxygens (including phenoxy) is 2. The van der Waals surface area contributed by atoms with E-state index in [-0.39, 0.29) is 19.2 Å². The topological polar surface area (TPSA) is 51.4 Å². The summed E-state index contributed by atoms with van der Waals surface area (Å²) in [5.41, 5.74) is 2.95. The van der Waals surface area contributed by atoms with Crippen LogP contribution in [-0.2, 0) is 11.3 Å². The summed E-state index contributed by atoms with van der Waals surface area (Å²) in [4.78, 5) is 12.1. The van der Waals surface area contributed by atoms with Gasteiger partial charge in [-0.15, -0.1) is 0 Å². The summed E-state index contributed by atoms with van der Waals surface area (Å²) < 4.78 is 12.5. The number of amides is 1. The Morgan fingerprint density at radius 1 is 1.24 bits per heavy atom. The zero-order valence-corrected chi connectivity index (χ0v) is 12.1. The van der Waals surface area contributed by atoms with Gasteiger partial charge in [0.05, 0.1) is 0 Å². The van der Waals surface area contributed by atoms with E-state index in [1.807, 2.05) is 36.7 Å². The minimum atomic E-state index is -0.0763. The second-order valence-electron chi connectivity index (χ2n) is 5.02. The largest absolute Gasteiger partial charge is 0.454 e. The fourth-order valence-corrected chi connectivity index (χ4v) is 2.25. The summed E-state index contributed by atoms with van der Waals surface area (Å²) >= 11 is 0. The molecule has 2 aromatic rings. The van der Waals surface area contributed by atoms with Crippen LogP contribution in [0.3, 0.4) is 0 Å². The quantitative estimate of drug-likeness (QED) is 0.877. The SMILES string of the molecule is Cc1ccc[n+](CC(=O)Nc2ccc3c(c2)OCO3)c1C. The van der Waals surface area contributed by atoms with E-state index in [9.17, 15) is 4.79 Å². The third-order valence-corrected chi connectivity index (χ3v) is 3.58. The van der Waals surface area contributed by atoms with Gasteiger partial charge in [0.25, 0.3) is 5.91 Å². The zero-order chi connectivity index (χ0) is 14.8. The average Bonchev–Trinajstić information content (AvgIpc) is 2.91. The van der Waals surface area contributed by atoms with Gasteiger partial charge in [0, 0.05) is 30.3 Å². The monoisotopic (exact) mass is 285 g/mol. The summed E-state index contributed by atoms with van der Waals surface area (Å²) in [6.07, 6.45) is 1.90. The molecule has 0 fully saturated rings. The molecule has 0 spiro atoms. The summed E-state index contributed by atoms with van der Waals surface area (Å²) in [6, 6.07) is 9.34. The Morgan fingerprint density at radius 2 is 2.05 bits per heavy atom. The van der Waals surface area contributed by atoms with Gasteiger partial charge in [0.2, 0.25) is 13.3 Å². The number of benzene rings is 1. The third kappa shape index (κ3) is 2.81. The molecule has 0 unspecified atom stereocenters. The number of aromatic nitrogens is 1. The molecule has 0 bridgehead atoms. The molecule has 0 saturated carbocycles. The van der Waals surface area contributed by atoms with Gasteiger partial charge in [-0.2, -0.15) is 4.57 Å². The Hall–Kier alpha value is -2.56. The van der Waals surface area contributed by atoms with Crippen LogP contribution in [0.5, 0.6) is 11.5 Å². The standard InChI is InChI=1S/C16H16N2O3/c1-11-4-3-7-18(12(11)2)9-16(19)17-13-5-6-14-15(8-13)21-10-20-14/h3-8H,9-10H2,1-2H3/p+1. The molecule has 1 N–H and O–H groups in total. The Morgan fingerprint density at radius 3 is 2.90 bits per heavy atom. The van der Waals surface area contributed by atoms with E-state index in [1.54, 1.807) is 18.2 Å². The predicted molar refractivity (Wildman–Crippen MR) is 77.3 cm³/mol. The van der Waals surface area contributed by atoms with Crippen LogP contribution < -0.4 is 19.4 Å². The molecule has 0 radical (unpaired) electrons. The highest BCUT2D eigenvalue weighted by Crippen LogP contribution is 2.34. The summed E-state index contributed by atoms with van der Waals surface area (Å²) in [5.74, 6) is 1.29. The van der Waals surface area contributed by atoms with Crippen LogP contribution in [0, 0.1) is 13.8 Å². The first kappa shape index (κ1) is 13.4. The van der Waals surface area contributed by atoms with Gasteiger partial charge in [-0.1, -0.05) is 0 Å². The summed E-state index contributed by atoms with van der Waals surface area (Å²) in [7, 11) is 0. The van der Waals surface area contributed by atoms with Gasteiger partial charge in [-0.3, -0.25) is 4.79 Å². The second-order valence-corrected chi connectivity index (χ2v) is 5.02. The van der Waals surface area contributed by atoms with Gasteiger partial charge in [0.15, 0.2) is 23.4 Å². The van der Waals surface area contributed by atoms with Gasteiger partial charge in [-0.05, 0) is 25.1 Å². The number of carbonyl (C=O) groups excluding carboxylic acids is 1. The molecule has 5 nitrogen and oxygen atoms in total. The Labute approximate surface area is 123 Å². The predicted octanol–water partition coefficient (Wildman–Crippen LogP) is 1.96. The van der Waals surface area contributed by atoms with Crippen molar-refractivity contribution in [2.24, 2.45) is 0 Å². The molecule has 21 heavy (non-hydrogen) atoms. The van der Waals surface area contributed by atoms with Crippen molar-refractivity contribution in [2.45, 2.75) is 20.4 Å². The first-order valence-corrected chi connectivity index (χ1v) is 6.78. The summed E-state index contributed by atoms with van der Waals surface area (Å²) in [6.45, 7) is 4.54. The number of fused-ring (bicyclic) bond motifs is 1. The molecule has 5 heteroatoms. The Kier molecular flexibility index (Phi) is 3.48. The number of hydrogen-bond acceptors (Lipinski definition) is 3. The molecule has 3 rings (SSSR count). The normalized spacial score (nSPS) is 12.3. The first-order chi connectivity index (χ1) is 10.1. The minimum absolute atomic E-state index is 0.0763. The van der Waals surface area contributed by atoms with E-state index < -0.39 is 0 Å². The highest BCUT2D eigenvalue weighted by Gasteiger charge is 2.16. The van der Waals surface area contributed by atoms with Gasteiger partial charge in [0.1, 0.15) is 0 Å². The maximum atomic E-state index is 12.1. The molecule has 1 aromatic heterocycles. The van der Waals surface area contributed by atoms with Gasteiger partial charge in [-0.25, -0.2) is 0 Å². The number of nitrogens with one attached hydrogen (secondary N) is 1. The van der Waals surface area contributed by atoms with Crippen molar-refractivity contribution in [2.75, 3.05) is 12.1 Å². The Bertz CT molecular complexity index is 698. The smallest absolute Gasteiger partial charge is 0.290 e. The molecule has 0 atom stereocenters. The van der Waals surface area contributed by atoms with Crippen molar-refractivity contribution < 1.29 is 18.8 Å². The number of pyridine rings is 1. The number of anilines is 1. The van der Waals surface area contributed by atoms with E-state index in [0.29, 0.717) is 17.2 Å². The third-order valence-electron chi connectivity index (χ3n) is 3.58. The fraction of sp³-hybridized carbons (Fsp3) is 0.250. The van der Waals surface area contributed by atoms with Crippen LogP contribution in [0.15, 0.2) is 36.5 Å². The van der Waals surface area contributed by atoms with E-state index in [4.69, 9.17) is 9.47 Å². The zero-order valence-electron chi connectivity index (χ0n) is 12.1. The van der Waals surface area contributed by atoms with Crippen molar-refractivity contribution in [1.82, 2.24) is 0 Å². The van der Waals surface area contributed by atoms with E-state index in [1.165, 1.54) is 0 Å². The van der Waals surface area contributed by atoms with Crippen LogP contribution in [0.25, 0.3) is 0 Å². The lowest BCUT2D eigenvalue weighted by Crippen LogP contribution is -2.43. The maximum absolute atomic E-state index is 12.1. The lowest BCUT2D eigenvalue weighted by Gasteiger charge is -2.06. The average molecular weight is 285 g/mol. The minimum Gasteiger partial charge on any atom is -0.454 e. The van der Waals surface area contributed by atoms with Crippen LogP contribution in [-0.4, -0.2) is 12.7 Å². The Balaban J connectivity index is 1.70. The molecule has 0 aliphatic carbocycles. The summed E-state index contributed by atoms with van der Waals surface area (Å²) in [5, 5.41) is 2.87. The van der Waals surface area contributed by atoms with Crippen molar-refractivity contribution in [3.05, 3.63) is 47.8 Å². The molecule has 108 valence electrons. The van der Waals surface area contributed by atoms with Crippen LogP contribution in [0.1, 0.15) is 11.3 Å². The van der Waals surface area contributed by atoms with Crippen LogP contribution >= 0.6 is 0 Å². The molecule has 1 amide bonds. The lowest BCUT2D eigenvalue weighted by atomic mass is 10.2. The molecule has 2 heterocycles. The van der Waals surface area contributed by atoms with Crippen molar-refractivity contribution in [3.8, 4) is 11.5 Å². The number of aryl methyl sites for hydroxylation is 1. The number of carbonyl (C=O) groups is 1. The highest BCUT2D eigenvalue weighted by molar-refractivity contribution is 5.90. The molecular formula is C16H17N2O3+. The van der Waals surface area contributed by atoms with Gasteiger partial charge < -0.3 is 14.8 Å². The van der Waals surface area contributed by atoms with E-state index in [2.05, 4.69) is 5.32 Å². The number of hydrogen-bond donors (Lipinski definition) is 1. The van der Waals surface area contributed by atoms with Crippen molar-refractivity contribution >= 4 is 11.6 Å². The number of nitrogens with zero attached hydrogens (tertiary/aromatic N) is 1. The molecule has 0 saturated heterocycles. The molecular weight excluding hydrogens is 268 g/mol. The number of rotatable bonds is 3. The lowest BCUT2D eigenvalue weighted by molar-refractivity contribution is -0.690. The molecule has 1 aromatic carbocycles. The first-order valence-electron chi connectivity index (χ1n) is 6.78. The van der Waals surface area contributed by atoms with E-state index >= 15 is 0 Å².